The molecule has 0 aliphatic rings. The van der Waals surface area contributed by atoms with Gasteiger partial charge in [0.25, 0.3) is 0 Å². The highest BCUT2D eigenvalue weighted by atomic mass is 79.9. The lowest BCUT2D eigenvalue weighted by Crippen LogP contribution is -2.25. The second-order valence-corrected chi connectivity index (χ2v) is 7.60. The van der Waals surface area contributed by atoms with Crippen molar-refractivity contribution >= 4 is 37.7 Å². The third-order valence-corrected chi connectivity index (χ3v) is 5.67. The molecule has 19 heavy (non-hydrogen) atoms. The average Bonchev–Trinajstić information content (AvgIpc) is 2.37. The first-order valence-corrected chi connectivity index (χ1v) is 9.56. The van der Waals surface area contributed by atoms with Crippen molar-refractivity contribution in [2.75, 3.05) is 18.6 Å². The monoisotopic (exact) mass is 367 g/mol. The van der Waals surface area contributed by atoms with Crippen LogP contribution in [0.25, 0.3) is 0 Å². The molecule has 0 aliphatic heterocycles. The number of unbranched alkanes of at least 4 members (excludes halogenated alkanes) is 1. The molecule has 0 spiro atoms. The van der Waals surface area contributed by atoms with Gasteiger partial charge >= 0.3 is 0 Å². The van der Waals surface area contributed by atoms with Gasteiger partial charge < -0.3 is 5.11 Å². The third-order valence-electron chi connectivity index (χ3n) is 2.54. The number of sulfonamides is 1. The molecule has 7 heteroatoms. The minimum atomic E-state index is -3.49. The fraction of sp³-hybridized carbons (Fsp3) is 0.500. The fourth-order valence-corrected chi connectivity index (χ4v) is 4.21. The van der Waals surface area contributed by atoms with E-state index in [2.05, 4.69) is 20.7 Å². The molecule has 0 radical (unpaired) electrons. The molecule has 4 nitrogen and oxygen atoms in total. The normalized spacial score (nSPS) is 11.7. The van der Waals surface area contributed by atoms with E-state index in [1.54, 1.807) is 23.9 Å². The Kier molecular flexibility index (Phi) is 7.38. The lowest BCUT2D eigenvalue weighted by molar-refractivity contribution is 0.281. The molecule has 0 heterocycles. The van der Waals surface area contributed by atoms with E-state index >= 15 is 0 Å². The maximum absolute atomic E-state index is 12.1. The van der Waals surface area contributed by atoms with Crippen molar-refractivity contribution in [2.45, 2.75) is 24.3 Å². The van der Waals surface area contributed by atoms with E-state index < -0.39 is 10.0 Å². The fourth-order valence-electron chi connectivity index (χ4n) is 1.52. The zero-order valence-corrected chi connectivity index (χ0v) is 13.9. The van der Waals surface area contributed by atoms with Crippen molar-refractivity contribution in [3.8, 4) is 0 Å². The van der Waals surface area contributed by atoms with E-state index in [-0.39, 0.29) is 11.5 Å². The highest BCUT2D eigenvalue weighted by Crippen LogP contribution is 2.23. The second kappa shape index (κ2) is 8.26. The average molecular weight is 368 g/mol. The van der Waals surface area contributed by atoms with Crippen LogP contribution >= 0.6 is 27.7 Å². The Morgan fingerprint density at radius 3 is 2.68 bits per heavy atom. The number of hydrogen-bond donors (Lipinski definition) is 2. The molecule has 0 amide bonds. The first kappa shape index (κ1) is 17.0. The lowest BCUT2D eigenvalue weighted by Gasteiger charge is -2.09. The third kappa shape index (κ3) is 5.43. The smallest absolute Gasteiger partial charge is 0.241 e. The summed E-state index contributed by atoms with van der Waals surface area (Å²) in [6, 6.07) is 4.72. The largest absolute Gasteiger partial charge is 0.392 e. The predicted molar refractivity (Wildman–Crippen MR) is 82.9 cm³/mol. The molecule has 0 aromatic heterocycles. The van der Waals surface area contributed by atoms with E-state index in [1.807, 2.05) is 6.26 Å². The summed E-state index contributed by atoms with van der Waals surface area (Å²) in [5.74, 6) is 1.04. The first-order chi connectivity index (χ1) is 9.01. The number of aliphatic hydroxyl groups is 1. The Labute approximate surface area is 127 Å². The van der Waals surface area contributed by atoms with Gasteiger partial charge in [-0.15, -0.1) is 0 Å². The maximum Gasteiger partial charge on any atom is 0.241 e. The highest BCUT2D eigenvalue weighted by molar-refractivity contribution is 9.10. The van der Waals surface area contributed by atoms with Gasteiger partial charge in [-0.3, -0.25) is 0 Å². The van der Waals surface area contributed by atoms with E-state index in [1.165, 1.54) is 6.07 Å². The molecule has 0 fully saturated rings. The summed E-state index contributed by atoms with van der Waals surface area (Å²) in [6.07, 6.45) is 3.85. The van der Waals surface area contributed by atoms with Crippen LogP contribution in [0.15, 0.2) is 27.6 Å². The van der Waals surface area contributed by atoms with Crippen molar-refractivity contribution in [1.82, 2.24) is 4.72 Å². The van der Waals surface area contributed by atoms with Gasteiger partial charge in [0.15, 0.2) is 0 Å². The summed E-state index contributed by atoms with van der Waals surface area (Å²) in [7, 11) is -3.49. The predicted octanol–water partition coefficient (Wildman–Crippen LogP) is 2.36. The Morgan fingerprint density at radius 1 is 1.37 bits per heavy atom. The minimum Gasteiger partial charge on any atom is -0.392 e. The van der Waals surface area contributed by atoms with Crippen molar-refractivity contribution in [3.05, 3.63) is 28.2 Å². The number of aliphatic hydroxyl groups excluding tert-OH is 1. The van der Waals surface area contributed by atoms with Crippen LogP contribution in [0.2, 0.25) is 0 Å². The Hall–Kier alpha value is -0.0800. The molecule has 1 aromatic rings. The number of nitrogens with one attached hydrogen (secondary N) is 1. The molecule has 0 saturated carbocycles. The molecule has 0 aliphatic carbocycles. The van der Waals surface area contributed by atoms with Gasteiger partial charge in [-0.25, -0.2) is 13.1 Å². The standard InChI is InChI=1S/C12H18BrNO3S2/c1-18-7-3-2-6-14-19(16,17)12-5-4-10(9-15)8-11(12)13/h4-5,8,14-15H,2-3,6-7,9H2,1H3. The van der Waals surface area contributed by atoms with Gasteiger partial charge in [0.2, 0.25) is 10.0 Å². The zero-order chi connectivity index (χ0) is 14.3. The molecule has 1 rings (SSSR count). The van der Waals surface area contributed by atoms with E-state index in [4.69, 9.17) is 5.11 Å². The highest BCUT2D eigenvalue weighted by Gasteiger charge is 2.16. The Balaban J connectivity index is 2.67. The van der Waals surface area contributed by atoms with Crippen LogP contribution in [0, 0.1) is 0 Å². The Morgan fingerprint density at radius 2 is 2.11 bits per heavy atom. The molecule has 0 saturated heterocycles. The van der Waals surface area contributed by atoms with Crippen LogP contribution in [0.4, 0.5) is 0 Å². The molecule has 0 bridgehead atoms. The number of benzene rings is 1. The topological polar surface area (TPSA) is 66.4 Å². The van der Waals surface area contributed by atoms with E-state index in [0.29, 0.717) is 16.6 Å². The molecule has 2 N–H and O–H groups in total. The molecule has 108 valence electrons. The molecular weight excluding hydrogens is 350 g/mol. The summed E-state index contributed by atoms with van der Waals surface area (Å²) >= 11 is 4.98. The first-order valence-electron chi connectivity index (χ1n) is 5.89. The summed E-state index contributed by atoms with van der Waals surface area (Å²) in [4.78, 5) is 0.203. The number of halogens is 1. The van der Waals surface area contributed by atoms with E-state index in [0.717, 1.165) is 18.6 Å². The van der Waals surface area contributed by atoms with Crippen molar-refractivity contribution in [1.29, 1.82) is 0 Å². The number of rotatable bonds is 8. The molecular formula is C12H18BrNO3S2. The van der Waals surface area contributed by atoms with Crippen LogP contribution < -0.4 is 4.72 Å². The summed E-state index contributed by atoms with van der Waals surface area (Å²) in [5, 5.41) is 8.99. The van der Waals surface area contributed by atoms with Gasteiger partial charge in [-0.2, -0.15) is 11.8 Å². The van der Waals surface area contributed by atoms with E-state index in [9.17, 15) is 8.42 Å². The molecule has 0 unspecified atom stereocenters. The summed E-state index contributed by atoms with van der Waals surface area (Å²) < 4.78 is 27.2. The van der Waals surface area contributed by atoms with Crippen molar-refractivity contribution < 1.29 is 13.5 Å². The number of thioether (sulfide) groups is 1. The summed E-state index contributed by atoms with van der Waals surface area (Å²) in [5.41, 5.74) is 0.672. The summed E-state index contributed by atoms with van der Waals surface area (Å²) in [6.45, 7) is 0.331. The zero-order valence-electron chi connectivity index (χ0n) is 10.7. The quantitative estimate of drug-likeness (QED) is 0.692. The second-order valence-electron chi connectivity index (χ2n) is 4.02. The molecule has 0 atom stereocenters. The van der Waals surface area contributed by atoms with Gasteiger partial charge in [0.1, 0.15) is 0 Å². The van der Waals surface area contributed by atoms with Crippen LogP contribution in [0.3, 0.4) is 0 Å². The Bertz CT molecular complexity index is 506. The minimum absolute atomic E-state index is 0.110. The van der Waals surface area contributed by atoms with Gasteiger partial charge in [0, 0.05) is 11.0 Å². The maximum atomic E-state index is 12.1. The van der Waals surface area contributed by atoms with Gasteiger partial charge in [-0.1, -0.05) is 6.07 Å². The lowest BCUT2D eigenvalue weighted by atomic mass is 10.2. The van der Waals surface area contributed by atoms with Crippen molar-refractivity contribution in [3.63, 3.8) is 0 Å². The van der Waals surface area contributed by atoms with Crippen LogP contribution in [0.5, 0.6) is 0 Å². The van der Waals surface area contributed by atoms with Crippen LogP contribution in [0.1, 0.15) is 18.4 Å². The van der Waals surface area contributed by atoms with Crippen LogP contribution in [-0.4, -0.2) is 32.1 Å². The van der Waals surface area contributed by atoms with Crippen molar-refractivity contribution in [2.24, 2.45) is 0 Å². The van der Waals surface area contributed by atoms with Gasteiger partial charge in [0.05, 0.1) is 11.5 Å². The molecule has 1 aromatic carbocycles. The SMILES string of the molecule is CSCCCCNS(=O)(=O)c1ccc(CO)cc1Br. The van der Waals surface area contributed by atoms with Gasteiger partial charge in [-0.05, 0) is 58.5 Å². The van der Waals surface area contributed by atoms with Crippen LogP contribution in [-0.2, 0) is 16.6 Å². The number of hydrogen-bond acceptors (Lipinski definition) is 4.